The molecule has 1 fully saturated rings. The first-order valence-electron chi connectivity index (χ1n) is 6.62. The summed E-state index contributed by atoms with van der Waals surface area (Å²) in [7, 11) is 1.35. The lowest BCUT2D eigenvalue weighted by molar-refractivity contribution is -0.141. The average Bonchev–Trinajstić information content (AvgIpc) is 2.94. The molecule has 0 radical (unpaired) electrons. The number of carboxylic acids is 1. The Hall–Kier alpha value is -1.88. The molecular formula is C15H18O5. The van der Waals surface area contributed by atoms with Crippen molar-refractivity contribution in [3.63, 3.8) is 0 Å². The molecule has 0 saturated heterocycles. The fraction of sp³-hybridized carbons (Fsp3) is 0.467. The molecule has 0 unspecified atom stereocenters. The SMILES string of the molecule is COC(=O)c1ccc(CO[C@@H]2CC[C@H](C(=O)O)C2)cc1. The number of methoxy groups -OCH3 is 1. The van der Waals surface area contributed by atoms with Crippen LogP contribution in [0, 0.1) is 5.92 Å². The number of aliphatic carboxylic acids is 1. The van der Waals surface area contributed by atoms with Gasteiger partial charge in [0.25, 0.3) is 0 Å². The summed E-state index contributed by atoms with van der Waals surface area (Å²) in [6.07, 6.45) is 2.06. The molecule has 0 aliphatic heterocycles. The van der Waals surface area contributed by atoms with Gasteiger partial charge in [0.1, 0.15) is 0 Å². The van der Waals surface area contributed by atoms with Gasteiger partial charge in [0, 0.05) is 0 Å². The molecule has 0 bridgehead atoms. The van der Waals surface area contributed by atoms with E-state index in [1.807, 2.05) is 12.1 Å². The second kappa shape index (κ2) is 6.52. The summed E-state index contributed by atoms with van der Waals surface area (Å²) in [5, 5.41) is 8.92. The summed E-state index contributed by atoms with van der Waals surface area (Å²) in [5.41, 5.74) is 1.46. The molecule has 0 spiro atoms. The topological polar surface area (TPSA) is 72.8 Å². The zero-order valence-electron chi connectivity index (χ0n) is 11.4. The highest BCUT2D eigenvalue weighted by molar-refractivity contribution is 5.89. The van der Waals surface area contributed by atoms with Crippen molar-refractivity contribution in [2.24, 2.45) is 5.92 Å². The molecule has 108 valence electrons. The Balaban J connectivity index is 1.83. The van der Waals surface area contributed by atoms with E-state index in [-0.39, 0.29) is 18.0 Å². The molecular weight excluding hydrogens is 260 g/mol. The molecule has 1 aliphatic rings. The summed E-state index contributed by atoms with van der Waals surface area (Å²) >= 11 is 0. The first-order valence-corrected chi connectivity index (χ1v) is 6.62. The van der Waals surface area contributed by atoms with Crippen LogP contribution in [0.3, 0.4) is 0 Å². The van der Waals surface area contributed by atoms with E-state index in [1.54, 1.807) is 12.1 Å². The minimum Gasteiger partial charge on any atom is -0.481 e. The third-order valence-corrected chi connectivity index (χ3v) is 3.59. The fourth-order valence-electron chi connectivity index (χ4n) is 2.38. The number of esters is 1. The van der Waals surface area contributed by atoms with Crippen LogP contribution in [-0.2, 0) is 20.9 Å². The van der Waals surface area contributed by atoms with E-state index in [0.29, 0.717) is 25.0 Å². The Morgan fingerprint density at radius 1 is 1.25 bits per heavy atom. The zero-order valence-corrected chi connectivity index (χ0v) is 11.4. The monoisotopic (exact) mass is 278 g/mol. The normalized spacial score (nSPS) is 21.6. The second-order valence-corrected chi connectivity index (χ2v) is 4.97. The van der Waals surface area contributed by atoms with Crippen LogP contribution in [-0.4, -0.2) is 30.3 Å². The first-order chi connectivity index (χ1) is 9.60. The summed E-state index contributed by atoms with van der Waals surface area (Å²) < 4.78 is 10.3. The number of carbonyl (C=O) groups excluding carboxylic acids is 1. The number of carboxylic acid groups (broad SMARTS) is 1. The molecule has 1 aliphatic carbocycles. The second-order valence-electron chi connectivity index (χ2n) is 4.97. The van der Waals surface area contributed by atoms with Gasteiger partial charge >= 0.3 is 11.9 Å². The third-order valence-electron chi connectivity index (χ3n) is 3.59. The Morgan fingerprint density at radius 3 is 2.50 bits per heavy atom. The highest BCUT2D eigenvalue weighted by atomic mass is 16.5. The van der Waals surface area contributed by atoms with Crippen LogP contribution in [0.5, 0.6) is 0 Å². The largest absolute Gasteiger partial charge is 0.481 e. The molecule has 1 saturated carbocycles. The van der Waals surface area contributed by atoms with Crippen molar-refractivity contribution in [1.29, 1.82) is 0 Å². The van der Waals surface area contributed by atoms with Crippen LogP contribution >= 0.6 is 0 Å². The van der Waals surface area contributed by atoms with E-state index in [9.17, 15) is 9.59 Å². The van der Waals surface area contributed by atoms with Gasteiger partial charge in [-0.1, -0.05) is 12.1 Å². The van der Waals surface area contributed by atoms with Crippen molar-refractivity contribution in [3.8, 4) is 0 Å². The molecule has 1 N–H and O–H groups in total. The number of ether oxygens (including phenoxy) is 2. The van der Waals surface area contributed by atoms with Crippen LogP contribution in [0.2, 0.25) is 0 Å². The number of benzene rings is 1. The summed E-state index contributed by atoms with van der Waals surface area (Å²) in [5.74, 6) is -1.38. The minimum atomic E-state index is -0.737. The molecule has 5 nitrogen and oxygen atoms in total. The smallest absolute Gasteiger partial charge is 0.337 e. The van der Waals surface area contributed by atoms with Gasteiger partial charge in [0.15, 0.2) is 0 Å². The summed E-state index contributed by atoms with van der Waals surface area (Å²) in [6.45, 7) is 0.429. The molecule has 1 aromatic rings. The minimum absolute atomic E-state index is 0.0105. The van der Waals surface area contributed by atoms with E-state index >= 15 is 0 Å². The first kappa shape index (κ1) is 14.5. The zero-order chi connectivity index (χ0) is 14.5. The van der Waals surface area contributed by atoms with E-state index in [2.05, 4.69) is 4.74 Å². The summed E-state index contributed by atoms with van der Waals surface area (Å²) in [4.78, 5) is 22.1. The lowest BCUT2D eigenvalue weighted by Crippen LogP contribution is -2.13. The molecule has 2 rings (SSSR count). The van der Waals surface area contributed by atoms with Crippen molar-refractivity contribution in [3.05, 3.63) is 35.4 Å². The molecule has 5 heteroatoms. The van der Waals surface area contributed by atoms with Gasteiger partial charge in [-0.3, -0.25) is 4.79 Å². The van der Waals surface area contributed by atoms with Gasteiger partial charge in [-0.05, 0) is 37.0 Å². The molecule has 2 atom stereocenters. The van der Waals surface area contributed by atoms with Gasteiger partial charge in [0.2, 0.25) is 0 Å². The highest BCUT2D eigenvalue weighted by Crippen LogP contribution is 2.28. The van der Waals surface area contributed by atoms with Crippen molar-refractivity contribution in [2.75, 3.05) is 7.11 Å². The Morgan fingerprint density at radius 2 is 1.95 bits per heavy atom. The van der Waals surface area contributed by atoms with Crippen molar-refractivity contribution < 1.29 is 24.2 Å². The summed E-state index contributed by atoms with van der Waals surface area (Å²) in [6, 6.07) is 7.02. The number of hydrogen-bond donors (Lipinski definition) is 1. The Bertz CT molecular complexity index is 480. The average molecular weight is 278 g/mol. The lowest BCUT2D eigenvalue weighted by atomic mass is 10.1. The fourth-order valence-corrected chi connectivity index (χ4v) is 2.38. The van der Waals surface area contributed by atoms with Crippen molar-refractivity contribution >= 4 is 11.9 Å². The van der Waals surface area contributed by atoms with Crippen LogP contribution in [0.25, 0.3) is 0 Å². The molecule has 1 aromatic carbocycles. The van der Waals surface area contributed by atoms with Gasteiger partial charge in [-0.2, -0.15) is 0 Å². The van der Waals surface area contributed by atoms with Crippen LogP contribution in [0.1, 0.15) is 35.2 Å². The Kier molecular flexibility index (Phi) is 4.74. The van der Waals surface area contributed by atoms with Gasteiger partial charge in [-0.15, -0.1) is 0 Å². The van der Waals surface area contributed by atoms with E-state index in [4.69, 9.17) is 9.84 Å². The number of hydrogen-bond acceptors (Lipinski definition) is 4. The van der Waals surface area contributed by atoms with Crippen molar-refractivity contribution in [1.82, 2.24) is 0 Å². The Labute approximate surface area is 117 Å². The predicted molar refractivity (Wildman–Crippen MR) is 71.3 cm³/mol. The van der Waals surface area contributed by atoms with E-state index < -0.39 is 5.97 Å². The van der Waals surface area contributed by atoms with Crippen LogP contribution in [0.15, 0.2) is 24.3 Å². The number of carbonyl (C=O) groups is 2. The lowest BCUT2D eigenvalue weighted by Gasteiger charge is -2.11. The van der Waals surface area contributed by atoms with Gasteiger partial charge in [-0.25, -0.2) is 4.79 Å². The van der Waals surface area contributed by atoms with Gasteiger partial charge < -0.3 is 14.6 Å². The number of rotatable bonds is 5. The van der Waals surface area contributed by atoms with Crippen LogP contribution < -0.4 is 0 Å². The van der Waals surface area contributed by atoms with Crippen LogP contribution in [0.4, 0.5) is 0 Å². The quantitative estimate of drug-likeness (QED) is 0.836. The third kappa shape index (κ3) is 3.57. The van der Waals surface area contributed by atoms with Crippen molar-refractivity contribution in [2.45, 2.75) is 32.0 Å². The maximum absolute atomic E-state index is 11.3. The highest BCUT2D eigenvalue weighted by Gasteiger charge is 2.30. The maximum Gasteiger partial charge on any atom is 0.337 e. The maximum atomic E-state index is 11.3. The molecule has 20 heavy (non-hydrogen) atoms. The standard InChI is InChI=1S/C15H18O5/c1-19-15(18)11-4-2-10(3-5-11)9-20-13-7-6-12(8-13)14(16)17/h2-5,12-13H,6-9H2,1H3,(H,16,17)/t12-,13+/m0/s1. The van der Waals surface area contributed by atoms with E-state index in [1.165, 1.54) is 7.11 Å². The van der Waals surface area contributed by atoms with Gasteiger partial charge in [0.05, 0.1) is 31.3 Å². The predicted octanol–water partition coefficient (Wildman–Crippen LogP) is 2.24. The molecule has 0 amide bonds. The molecule has 0 aromatic heterocycles. The molecule has 0 heterocycles. The van der Waals surface area contributed by atoms with E-state index in [0.717, 1.165) is 12.0 Å².